The maximum absolute atomic E-state index is 13.6. The fourth-order valence-corrected chi connectivity index (χ4v) is 7.24. The molecule has 0 radical (unpaired) electrons. The van der Waals surface area contributed by atoms with Crippen molar-refractivity contribution in [1.82, 2.24) is 0 Å². The predicted octanol–water partition coefficient (Wildman–Crippen LogP) is 10.6. The quantitative estimate of drug-likeness (QED) is 0.199. The Bertz CT molecular complexity index is 1600. The van der Waals surface area contributed by atoms with Gasteiger partial charge in [-0.1, -0.05) is 68.2 Å². The SMILES string of the molecule is CC(C)(C)[C@@H]1CCc2c(sc(N=Cc3ccc(OCc4ccc(Cl)cc4Cl)c(Br)c3)c2C(=O)Nc2ccccc2)C1. The summed E-state index contributed by atoms with van der Waals surface area (Å²) in [6.45, 7) is 7.22. The van der Waals surface area contributed by atoms with Gasteiger partial charge in [0.25, 0.3) is 5.91 Å². The maximum Gasteiger partial charge on any atom is 0.259 e. The second-order valence-corrected chi connectivity index (χ2v) is 14.1. The third-order valence-electron chi connectivity index (χ3n) is 7.42. The van der Waals surface area contributed by atoms with Crippen LogP contribution in [0.3, 0.4) is 0 Å². The van der Waals surface area contributed by atoms with Crippen molar-refractivity contribution in [3.63, 3.8) is 0 Å². The van der Waals surface area contributed by atoms with Gasteiger partial charge in [-0.05, 0) is 100 Å². The van der Waals surface area contributed by atoms with Crippen molar-refractivity contribution < 1.29 is 9.53 Å². The second kappa shape index (κ2) is 12.7. The van der Waals surface area contributed by atoms with Crippen molar-refractivity contribution >= 4 is 73.3 Å². The lowest BCUT2D eigenvalue weighted by atomic mass is 9.72. The van der Waals surface area contributed by atoms with Gasteiger partial charge in [0.05, 0.1) is 10.0 Å². The summed E-state index contributed by atoms with van der Waals surface area (Å²) in [4.78, 5) is 19.7. The van der Waals surface area contributed by atoms with Crippen LogP contribution in [0.4, 0.5) is 10.7 Å². The summed E-state index contributed by atoms with van der Waals surface area (Å²) in [7, 11) is 0. The van der Waals surface area contributed by atoms with Gasteiger partial charge < -0.3 is 10.1 Å². The number of thiophene rings is 1. The molecular formula is C33H31BrCl2N2O2S. The predicted molar refractivity (Wildman–Crippen MR) is 176 cm³/mol. The number of ether oxygens (including phenoxy) is 1. The number of carbonyl (C=O) groups excluding carboxylic acids is 1. The number of benzene rings is 3. The molecule has 4 nitrogen and oxygen atoms in total. The molecule has 1 atom stereocenters. The van der Waals surface area contributed by atoms with Crippen LogP contribution >= 0.6 is 50.5 Å². The largest absolute Gasteiger partial charge is 0.488 e. The molecule has 1 heterocycles. The fraction of sp³-hybridized carbons (Fsp3) is 0.273. The molecular weight excluding hydrogens is 639 g/mol. The van der Waals surface area contributed by atoms with Crippen LogP contribution in [0, 0.1) is 11.3 Å². The molecule has 0 saturated heterocycles. The summed E-state index contributed by atoms with van der Waals surface area (Å²) < 4.78 is 6.79. The summed E-state index contributed by atoms with van der Waals surface area (Å²) in [6, 6.07) is 20.7. The minimum Gasteiger partial charge on any atom is -0.488 e. The third kappa shape index (κ3) is 7.23. The maximum atomic E-state index is 13.6. The molecule has 0 bridgehead atoms. The molecule has 1 amide bonds. The first-order valence-electron chi connectivity index (χ1n) is 13.5. The molecule has 8 heteroatoms. The zero-order chi connectivity index (χ0) is 29.1. The Morgan fingerprint density at radius 2 is 1.90 bits per heavy atom. The molecule has 0 aliphatic heterocycles. The minimum absolute atomic E-state index is 0.110. The Morgan fingerprint density at radius 3 is 2.61 bits per heavy atom. The van der Waals surface area contributed by atoms with Gasteiger partial charge in [-0.25, -0.2) is 4.99 Å². The molecule has 212 valence electrons. The van der Waals surface area contributed by atoms with E-state index < -0.39 is 0 Å². The van der Waals surface area contributed by atoms with E-state index in [0.29, 0.717) is 33.9 Å². The van der Waals surface area contributed by atoms with Gasteiger partial charge in [0.2, 0.25) is 0 Å². The van der Waals surface area contributed by atoms with E-state index in [1.165, 1.54) is 4.88 Å². The first kappa shape index (κ1) is 29.8. The molecule has 0 fully saturated rings. The molecule has 0 spiro atoms. The number of fused-ring (bicyclic) bond motifs is 1. The minimum atomic E-state index is -0.110. The van der Waals surface area contributed by atoms with Crippen LogP contribution in [0.5, 0.6) is 5.75 Å². The summed E-state index contributed by atoms with van der Waals surface area (Å²) in [6.07, 6.45) is 4.73. The highest BCUT2D eigenvalue weighted by molar-refractivity contribution is 9.10. The lowest BCUT2D eigenvalue weighted by Gasteiger charge is -2.33. The van der Waals surface area contributed by atoms with Crippen LogP contribution in [-0.4, -0.2) is 12.1 Å². The summed E-state index contributed by atoms with van der Waals surface area (Å²) in [5, 5.41) is 4.98. The standard InChI is InChI=1S/C33H31BrCl2N2O2S/c1-33(2,3)22-11-13-25-29(16-22)41-32(30(25)31(39)38-24-7-5-4-6-8-24)37-18-20-9-14-28(26(34)15-20)40-19-21-10-12-23(35)17-27(21)36/h4-10,12,14-15,17-18,22H,11,13,16,19H2,1-3H3,(H,38,39)/t22-/m1/s1. The number of carbonyl (C=O) groups is 1. The number of nitrogens with one attached hydrogen (secondary N) is 1. The zero-order valence-corrected chi connectivity index (χ0v) is 27.1. The topological polar surface area (TPSA) is 50.7 Å². The zero-order valence-electron chi connectivity index (χ0n) is 23.1. The molecule has 41 heavy (non-hydrogen) atoms. The highest BCUT2D eigenvalue weighted by Crippen LogP contribution is 2.45. The van der Waals surface area contributed by atoms with Gasteiger partial charge in [0, 0.05) is 32.4 Å². The van der Waals surface area contributed by atoms with Crippen LogP contribution in [0.2, 0.25) is 10.0 Å². The number of amides is 1. The number of hydrogen-bond acceptors (Lipinski definition) is 4. The van der Waals surface area contributed by atoms with E-state index in [0.717, 1.165) is 51.1 Å². The van der Waals surface area contributed by atoms with E-state index >= 15 is 0 Å². The molecule has 4 aromatic rings. The second-order valence-electron chi connectivity index (χ2n) is 11.3. The Kier molecular flexibility index (Phi) is 9.24. The van der Waals surface area contributed by atoms with Gasteiger partial charge in [0.15, 0.2) is 0 Å². The van der Waals surface area contributed by atoms with Gasteiger partial charge in [-0.15, -0.1) is 11.3 Å². The summed E-state index contributed by atoms with van der Waals surface area (Å²) in [5.41, 5.74) is 4.56. The van der Waals surface area contributed by atoms with E-state index in [1.807, 2.05) is 60.8 Å². The van der Waals surface area contributed by atoms with E-state index in [-0.39, 0.29) is 11.3 Å². The smallest absolute Gasteiger partial charge is 0.259 e. The average Bonchev–Trinajstić information content (AvgIpc) is 3.30. The lowest BCUT2D eigenvalue weighted by molar-refractivity contribution is 0.102. The normalized spacial score (nSPS) is 15.1. The van der Waals surface area contributed by atoms with Crippen molar-refractivity contribution in [2.75, 3.05) is 5.32 Å². The molecule has 5 rings (SSSR count). The van der Waals surface area contributed by atoms with E-state index in [9.17, 15) is 4.79 Å². The van der Waals surface area contributed by atoms with Crippen molar-refractivity contribution in [2.45, 2.75) is 46.6 Å². The molecule has 3 aromatic carbocycles. The van der Waals surface area contributed by atoms with Crippen LogP contribution in [0.15, 0.2) is 76.2 Å². The van der Waals surface area contributed by atoms with Crippen molar-refractivity contribution in [1.29, 1.82) is 0 Å². The van der Waals surface area contributed by atoms with Crippen LogP contribution < -0.4 is 10.1 Å². The van der Waals surface area contributed by atoms with Gasteiger partial charge >= 0.3 is 0 Å². The highest BCUT2D eigenvalue weighted by Gasteiger charge is 2.33. The van der Waals surface area contributed by atoms with E-state index in [1.54, 1.807) is 23.5 Å². The number of aliphatic imine (C=N–C) groups is 1. The van der Waals surface area contributed by atoms with Crippen molar-refractivity contribution in [3.05, 3.63) is 108 Å². The Hall–Kier alpha value is -2.64. The van der Waals surface area contributed by atoms with Gasteiger partial charge in [-0.3, -0.25) is 4.79 Å². The number of anilines is 1. The number of rotatable bonds is 7. The monoisotopic (exact) mass is 668 g/mol. The molecule has 0 unspecified atom stereocenters. The molecule has 1 aromatic heterocycles. The summed E-state index contributed by atoms with van der Waals surface area (Å²) >= 11 is 17.5. The van der Waals surface area contributed by atoms with E-state index in [2.05, 4.69) is 42.0 Å². The van der Waals surface area contributed by atoms with Crippen LogP contribution in [-0.2, 0) is 19.4 Å². The molecule has 1 N–H and O–H groups in total. The number of para-hydroxylation sites is 1. The van der Waals surface area contributed by atoms with E-state index in [4.69, 9.17) is 32.9 Å². The lowest BCUT2D eigenvalue weighted by Crippen LogP contribution is -2.27. The molecule has 1 aliphatic rings. The van der Waals surface area contributed by atoms with Crippen molar-refractivity contribution in [2.24, 2.45) is 16.3 Å². The Labute approximate surface area is 263 Å². The first-order valence-corrected chi connectivity index (χ1v) is 15.9. The Balaban J connectivity index is 1.38. The third-order valence-corrected chi connectivity index (χ3v) is 9.78. The van der Waals surface area contributed by atoms with Crippen LogP contribution in [0.25, 0.3) is 0 Å². The highest BCUT2D eigenvalue weighted by atomic mass is 79.9. The van der Waals surface area contributed by atoms with Gasteiger partial charge in [-0.2, -0.15) is 0 Å². The summed E-state index contributed by atoms with van der Waals surface area (Å²) in [5.74, 6) is 1.15. The van der Waals surface area contributed by atoms with Gasteiger partial charge in [0.1, 0.15) is 17.4 Å². The van der Waals surface area contributed by atoms with Crippen molar-refractivity contribution in [3.8, 4) is 5.75 Å². The molecule has 0 saturated carbocycles. The number of nitrogens with zero attached hydrogens (tertiary/aromatic N) is 1. The fourth-order valence-electron chi connectivity index (χ4n) is 4.99. The first-order chi connectivity index (χ1) is 19.6. The molecule has 1 aliphatic carbocycles. The Morgan fingerprint density at radius 1 is 1.12 bits per heavy atom. The van der Waals surface area contributed by atoms with Crippen LogP contribution in [0.1, 0.15) is 59.1 Å². The number of hydrogen-bond donors (Lipinski definition) is 1. The average molecular weight is 671 g/mol. The number of halogens is 3.